The molecule has 0 aliphatic heterocycles. The Morgan fingerprint density at radius 1 is 1.35 bits per heavy atom. The van der Waals surface area contributed by atoms with Gasteiger partial charge in [0.2, 0.25) is 0 Å². The van der Waals surface area contributed by atoms with E-state index in [1.54, 1.807) is 0 Å². The summed E-state index contributed by atoms with van der Waals surface area (Å²) in [4.78, 5) is -0.169. The van der Waals surface area contributed by atoms with E-state index in [1.807, 2.05) is 6.92 Å². The molecule has 0 aliphatic carbocycles. The first-order valence-corrected chi connectivity index (χ1v) is 6.98. The SMILES string of the molecule is CCCOCCS(=O)(=O)c1cc(F)ccc1N. The molecule has 1 aromatic rings. The lowest BCUT2D eigenvalue weighted by Gasteiger charge is -2.07. The summed E-state index contributed by atoms with van der Waals surface area (Å²) in [5.74, 6) is -0.812. The highest BCUT2D eigenvalue weighted by Gasteiger charge is 2.18. The molecule has 0 amide bonds. The van der Waals surface area contributed by atoms with Crippen molar-refractivity contribution in [1.29, 1.82) is 0 Å². The third-order valence-electron chi connectivity index (χ3n) is 2.16. The number of rotatable bonds is 6. The number of sulfone groups is 1. The van der Waals surface area contributed by atoms with Gasteiger partial charge in [-0.3, -0.25) is 0 Å². The second kappa shape index (κ2) is 5.97. The largest absolute Gasteiger partial charge is 0.398 e. The summed E-state index contributed by atoms with van der Waals surface area (Å²) < 4.78 is 41.7. The Kier molecular flexibility index (Phi) is 4.89. The molecular formula is C11H16FNO3S. The van der Waals surface area contributed by atoms with Gasteiger partial charge < -0.3 is 10.5 Å². The number of halogens is 1. The molecule has 0 atom stereocenters. The Morgan fingerprint density at radius 2 is 2.06 bits per heavy atom. The van der Waals surface area contributed by atoms with Gasteiger partial charge >= 0.3 is 0 Å². The van der Waals surface area contributed by atoms with Crippen LogP contribution in [-0.2, 0) is 14.6 Å². The lowest BCUT2D eigenvalue weighted by molar-refractivity contribution is 0.149. The Morgan fingerprint density at radius 3 is 2.71 bits per heavy atom. The fourth-order valence-corrected chi connectivity index (χ4v) is 2.58. The van der Waals surface area contributed by atoms with Gasteiger partial charge in [0, 0.05) is 6.61 Å². The Balaban J connectivity index is 2.79. The monoisotopic (exact) mass is 261 g/mol. The van der Waals surface area contributed by atoms with Crippen LogP contribution in [0.2, 0.25) is 0 Å². The summed E-state index contributed by atoms with van der Waals surface area (Å²) in [6.45, 7) is 2.53. The number of hydrogen-bond acceptors (Lipinski definition) is 4. The molecule has 0 heterocycles. The van der Waals surface area contributed by atoms with Crippen molar-refractivity contribution in [2.24, 2.45) is 0 Å². The predicted octanol–water partition coefficient (Wildman–Crippen LogP) is 1.61. The van der Waals surface area contributed by atoms with E-state index < -0.39 is 15.7 Å². The zero-order chi connectivity index (χ0) is 12.9. The van der Waals surface area contributed by atoms with E-state index in [4.69, 9.17) is 10.5 Å². The smallest absolute Gasteiger partial charge is 0.182 e. The van der Waals surface area contributed by atoms with Gasteiger partial charge in [-0.15, -0.1) is 0 Å². The average molecular weight is 261 g/mol. The van der Waals surface area contributed by atoms with Crippen molar-refractivity contribution in [3.8, 4) is 0 Å². The van der Waals surface area contributed by atoms with E-state index in [-0.39, 0.29) is 22.9 Å². The molecule has 17 heavy (non-hydrogen) atoms. The molecule has 96 valence electrons. The second-order valence-electron chi connectivity index (χ2n) is 3.61. The Bertz CT molecular complexity index is 474. The average Bonchev–Trinajstić information content (AvgIpc) is 2.28. The minimum Gasteiger partial charge on any atom is -0.398 e. The van der Waals surface area contributed by atoms with E-state index >= 15 is 0 Å². The fourth-order valence-electron chi connectivity index (χ4n) is 1.30. The molecule has 0 aliphatic rings. The minimum atomic E-state index is -3.58. The normalized spacial score (nSPS) is 11.6. The van der Waals surface area contributed by atoms with E-state index in [0.717, 1.165) is 18.6 Å². The summed E-state index contributed by atoms with van der Waals surface area (Å²) in [6.07, 6.45) is 0.822. The highest BCUT2D eigenvalue weighted by molar-refractivity contribution is 7.91. The van der Waals surface area contributed by atoms with Gasteiger partial charge in [-0.1, -0.05) is 6.92 Å². The van der Waals surface area contributed by atoms with Crippen LogP contribution in [0.5, 0.6) is 0 Å². The number of nitrogens with two attached hydrogens (primary N) is 1. The van der Waals surface area contributed by atoms with Crippen LogP contribution in [0.15, 0.2) is 23.1 Å². The van der Waals surface area contributed by atoms with Crippen molar-refractivity contribution < 1.29 is 17.5 Å². The zero-order valence-electron chi connectivity index (χ0n) is 9.65. The molecular weight excluding hydrogens is 245 g/mol. The van der Waals surface area contributed by atoms with E-state index in [2.05, 4.69) is 0 Å². The highest BCUT2D eigenvalue weighted by atomic mass is 32.2. The first-order chi connectivity index (χ1) is 7.97. The lowest BCUT2D eigenvalue weighted by Crippen LogP contribution is -2.14. The molecule has 0 unspecified atom stereocenters. The number of nitrogen functional groups attached to an aromatic ring is 1. The molecule has 2 N–H and O–H groups in total. The first kappa shape index (κ1) is 13.9. The van der Waals surface area contributed by atoms with Crippen molar-refractivity contribution in [3.63, 3.8) is 0 Å². The minimum absolute atomic E-state index is 0.0573. The third kappa shape index (κ3) is 3.98. The van der Waals surface area contributed by atoms with Crippen LogP contribution in [0.1, 0.15) is 13.3 Å². The predicted molar refractivity (Wildman–Crippen MR) is 64.0 cm³/mol. The molecule has 0 aromatic heterocycles. The summed E-state index contributed by atoms with van der Waals surface area (Å²) in [5.41, 5.74) is 5.58. The van der Waals surface area contributed by atoms with Gasteiger partial charge in [0.05, 0.1) is 22.9 Å². The molecule has 1 aromatic carbocycles. The molecule has 1 rings (SSSR count). The topological polar surface area (TPSA) is 69.4 Å². The number of hydrogen-bond donors (Lipinski definition) is 1. The number of ether oxygens (including phenoxy) is 1. The van der Waals surface area contributed by atoms with Crippen molar-refractivity contribution in [1.82, 2.24) is 0 Å². The van der Waals surface area contributed by atoms with Gasteiger partial charge in [-0.2, -0.15) is 0 Å². The van der Waals surface area contributed by atoms with E-state index in [0.29, 0.717) is 6.61 Å². The maximum Gasteiger partial charge on any atom is 0.182 e. The molecule has 6 heteroatoms. The van der Waals surface area contributed by atoms with Crippen molar-refractivity contribution in [2.45, 2.75) is 18.2 Å². The van der Waals surface area contributed by atoms with Gasteiger partial charge in [-0.05, 0) is 24.6 Å². The lowest BCUT2D eigenvalue weighted by atomic mass is 10.3. The van der Waals surface area contributed by atoms with Crippen LogP contribution in [0.4, 0.5) is 10.1 Å². The van der Waals surface area contributed by atoms with Crippen LogP contribution in [0.25, 0.3) is 0 Å². The maximum absolute atomic E-state index is 13.0. The zero-order valence-corrected chi connectivity index (χ0v) is 10.5. The quantitative estimate of drug-likeness (QED) is 0.624. The van der Waals surface area contributed by atoms with Gasteiger partial charge in [0.25, 0.3) is 0 Å². The van der Waals surface area contributed by atoms with Crippen LogP contribution >= 0.6 is 0 Å². The number of benzene rings is 1. The van der Waals surface area contributed by atoms with E-state index in [1.165, 1.54) is 6.07 Å². The van der Waals surface area contributed by atoms with Crippen LogP contribution < -0.4 is 5.73 Å². The van der Waals surface area contributed by atoms with Crippen LogP contribution in [0.3, 0.4) is 0 Å². The summed E-state index contributed by atoms with van der Waals surface area (Å²) in [5, 5.41) is 0. The van der Waals surface area contributed by atoms with Crippen LogP contribution in [-0.4, -0.2) is 27.4 Å². The summed E-state index contributed by atoms with van der Waals surface area (Å²) in [6, 6.07) is 3.31. The Labute approximate surface area is 101 Å². The second-order valence-corrected chi connectivity index (χ2v) is 5.69. The van der Waals surface area contributed by atoms with E-state index in [9.17, 15) is 12.8 Å². The Hall–Kier alpha value is -1.14. The van der Waals surface area contributed by atoms with Gasteiger partial charge in [-0.25, -0.2) is 12.8 Å². The molecule has 0 bridgehead atoms. The first-order valence-electron chi connectivity index (χ1n) is 5.33. The molecule has 0 saturated carbocycles. The van der Waals surface area contributed by atoms with Gasteiger partial charge in [0.15, 0.2) is 9.84 Å². The van der Waals surface area contributed by atoms with Crippen molar-refractivity contribution in [2.75, 3.05) is 24.7 Å². The summed E-state index contributed by atoms with van der Waals surface area (Å²) >= 11 is 0. The molecule has 0 radical (unpaired) electrons. The third-order valence-corrected chi connectivity index (χ3v) is 3.88. The van der Waals surface area contributed by atoms with Crippen molar-refractivity contribution >= 4 is 15.5 Å². The summed E-state index contributed by atoms with van der Waals surface area (Å²) in [7, 11) is -3.58. The molecule has 0 spiro atoms. The maximum atomic E-state index is 13.0. The fraction of sp³-hybridized carbons (Fsp3) is 0.455. The molecule has 0 fully saturated rings. The highest BCUT2D eigenvalue weighted by Crippen LogP contribution is 2.20. The number of anilines is 1. The molecule has 4 nitrogen and oxygen atoms in total. The van der Waals surface area contributed by atoms with Crippen molar-refractivity contribution in [3.05, 3.63) is 24.0 Å². The molecule has 0 saturated heterocycles. The standard InChI is InChI=1S/C11H16FNO3S/c1-2-5-16-6-7-17(14,15)11-8-9(12)3-4-10(11)13/h3-4,8H,2,5-7,13H2,1H3. The van der Waals surface area contributed by atoms with Crippen LogP contribution in [0, 0.1) is 5.82 Å². The van der Waals surface area contributed by atoms with Gasteiger partial charge in [0.1, 0.15) is 5.82 Å².